The molecule has 2 atom stereocenters. The predicted molar refractivity (Wildman–Crippen MR) is 90.1 cm³/mol. The van der Waals surface area contributed by atoms with E-state index in [4.69, 9.17) is 9.15 Å². The van der Waals surface area contributed by atoms with Gasteiger partial charge in [-0.05, 0) is 25.5 Å². The van der Waals surface area contributed by atoms with E-state index in [1.807, 2.05) is 36.9 Å². The molecule has 1 aromatic carbocycles. The number of carbonyl (C=O) groups excluding carboxylic acids is 2. The van der Waals surface area contributed by atoms with Crippen molar-refractivity contribution in [2.24, 2.45) is 0 Å². The van der Waals surface area contributed by atoms with E-state index in [0.717, 1.165) is 22.1 Å². The molecular formula is C19H20N2O4. The lowest BCUT2D eigenvalue weighted by Gasteiger charge is -2.31. The van der Waals surface area contributed by atoms with Crippen molar-refractivity contribution < 1.29 is 18.7 Å². The van der Waals surface area contributed by atoms with Crippen LogP contribution in [0.3, 0.4) is 0 Å². The predicted octanol–water partition coefficient (Wildman–Crippen LogP) is 2.22. The molecule has 0 saturated carbocycles. The Bertz CT molecular complexity index is 918. The number of hydrogen-bond donors (Lipinski definition) is 0. The first-order valence-electron chi connectivity index (χ1n) is 8.76. The third kappa shape index (κ3) is 1.83. The number of ether oxygens (including phenoxy) is 1. The van der Waals surface area contributed by atoms with E-state index in [2.05, 4.69) is 0 Å². The van der Waals surface area contributed by atoms with Gasteiger partial charge in [0.2, 0.25) is 5.91 Å². The molecule has 3 saturated heterocycles. The third-order valence-electron chi connectivity index (χ3n) is 5.95. The molecule has 4 heterocycles. The van der Waals surface area contributed by atoms with Crippen molar-refractivity contribution in [3.8, 4) is 0 Å². The lowest BCUT2D eigenvalue weighted by atomic mass is 10.1. The van der Waals surface area contributed by atoms with Crippen LogP contribution in [0, 0.1) is 13.8 Å². The maximum absolute atomic E-state index is 13.2. The molecule has 3 aliphatic rings. The van der Waals surface area contributed by atoms with Gasteiger partial charge in [-0.15, -0.1) is 0 Å². The smallest absolute Gasteiger partial charge is 0.290 e. The van der Waals surface area contributed by atoms with E-state index in [9.17, 15) is 9.59 Å². The highest BCUT2D eigenvalue weighted by Gasteiger charge is 2.63. The van der Waals surface area contributed by atoms with Crippen molar-refractivity contribution in [2.75, 3.05) is 19.7 Å². The molecule has 2 amide bonds. The van der Waals surface area contributed by atoms with Gasteiger partial charge in [0.25, 0.3) is 5.91 Å². The van der Waals surface area contributed by atoms with Crippen LogP contribution in [0.15, 0.2) is 22.6 Å². The van der Waals surface area contributed by atoms with Crippen LogP contribution < -0.4 is 0 Å². The highest BCUT2D eigenvalue weighted by atomic mass is 16.5. The Labute approximate surface area is 145 Å². The molecule has 130 valence electrons. The maximum Gasteiger partial charge on any atom is 0.290 e. The van der Waals surface area contributed by atoms with Gasteiger partial charge in [0, 0.05) is 30.5 Å². The topological polar surface area (TPSA) is 63.0 Å². The van der Waals surface area contributed by atoms with E-state index in [1.54, 1.807) is 4.90 Å². The highest BCUT2D eigenvalue weighted by molar-refractivity contribution is 6.00. The molecule has 5 rings (SSSR count). The normalized spacial score (nSPS) is 28.1. The third-order valence-corrected chi connectivity index (χ3v) is 5.95. The zero-order chi connectivity index (χ0) is 17.3. The van der Waals surface area contributed by atoms with Gasteiger partial charge in [-0.3, -0.25) is 9.59 Å². The largest absolute Gasteiger partial charge is 0.451 e. The highest BCUT2D eigenvalue weighted by Crippen LogP contribution is 2.46. The molecule has 0 unspecified atom stereocenters. The molecule has 3 aliphatic heterocycles. The minimum atomic E-state index is -0.608. The van der Waals surface area contributed by atoms with Crippen molar-refractivity contribution >= 4 is 22.8 Å². The van der Waals surface area contributed by atoms with E-state index in [0.29, 0.717) is 38.3 Å². The number of rotatable bonds is 1. The molecule has 0 aliphatic carbocycles. The Hall–Kier alpha value is -2.34. The van der Waals surface area contributed by atoms with E-state index in [1.165, 1.54) is 0 Å². The number of carbonyl (C=O) groups is 2. The van der Waals surface area contributed by atoms with Crippen LogP contribution >= 0.6 is 0 Å². The van der Waals surface area contributed by atoms with Gasteiger partial charge < -0.3 is 19.0 Å². The Balaban J connectivity index is 1.53. The first-order chi connectivity index (χ1) is 12.0. The summed E-state index contributed by atoms with van der Waals surface area (Å²) in [4.78, 5) is 29.1. The number of aryl methyl sites for hydroxylation is 2. The average molecular weight is 340 g/mol. The Kier molecular flexibility index (Phi) is 2.90. The van der Waals surface area contributed by atoms with Crippen molar-refractivity contribution in [3.05, 3.63) is 35.1 Å². The van der Waals surface area contributed by atoms with E-state index in [-0.39, 0.29) is 17.9 Å². The van der Waals surface area contributed by atoms with E-state index < -0.39 is 5.72 Å². The maximum atomic E-state index is 13.2. The number of amides is 2. The monoisotopic (exact) mass is 340 g/mol. The average Bonchev–Trinajstić information content (AvgIpc) is 3.29. The summed E-state index contributed by atoms with van der Waals surface area (Å²) >= 11 is 0. The molecule has 0 N–H and O–H groups in total. The zero-order valence-corrected chi connectivity index (χ0v) is 14.4. The summed E-state index contributed by atoms with van der Waals surface area (Å²) < 4.78 is 11.9. The Morgan fingerprint density at radius 3 is 2.96 bits per heavy atom. The van der Waals surface area contributed by atoms with Crippen molar-refractivity contribution in [2.45, 2.75) is 38.5 Å². The summed E-state index contributed by atoms with van der Waals surface area (Å²) in [6.07, 6.45) is 1.01. The number of fused-ring (bicyclic) bond motifs is 1. The van der Waals surface area contributed by atoms with Crippen LogP contribution in [0.1, 0.15) is 34.5 Å². The van der Waals surface area contributed by atoms with Gasteiger partial charge in [-0.1, -0.05) is 12.1 Å². The quantitative estimate of drug-likeness (QED) is 0.799. The summed E-state index contributed by atoms with van der Waals surface area (Å²) in [7, 11) is 0. The summed E-state index contributed by atoms with van der Waals surface area (Å²) in [5.41, 5.74) is 2.07. The minimum Gasteiger partial charge on any atom is -0.451 e. The number of hydrogen-bond acceptors (Lipinski definition) is 4. The molecule has 2 aromatic rings. The van der Waals surface area contributed by atoms with Crippen LogP contribution in [0.5, 0.6) is 0 Å². The first-order valence-corrected chi connectivity index (χ1v) is 8.76. The lowest BCUT2D eigenvalue weighted by Crippen LogP contribution is -2.48. The van der Waals surface area contributed by atoms with Gasteiger partial charge >= 0.3 is 0 Å². The summed E-state index contributed by atoms with van der Waals surface area (Å²) in [6.45, 7) is 5.67. The summed E-state index contributed by atoms with van der Waals surface area (Å²) in [5, 5.41) is 0.962. The van der Waals surface area contributed by atoms with Gasteiger partial charge in [0.1, 0.15) is 5.58 Å². The Morgan fingerprint density at radius 1 is 1.28 bits per heavy atom. The van der Waals surface area contributed by atoms with Crippen molar-refractivity contribution in [1.29, 1.82) is 0 Å². The van der Waals surface area contributed by atoms with Crippen LogP contribution in [0.4, 0.5) is 0 Å². The molecular weight excluding hydrogens is 320 g/mol. The number of nitrogens with zero attached hydrogens (tertiary/aromatic N) is 2. The van der Waals surface area contributed by atoms with Crippen molar-refractivity contribution in [3.63, 3.8) is 0 Å². The standard InChI is InChI=1S/C19H20N2O4/c1-11-3-4-13-12(2)17(25-14(13)9-11)18(23)20-6-5-19-15(20)10-16(22)21(19)7-8-24-19/h3-4,9,15H,5-8,10H2,1-2H3/t15-,19+/m1/s1. The van der Waals surface area contributed by atoms with Crippen LogP contribution in [-0.2, 0) is 9.53 Å². The number of benzene rings is 1. The lowest BCUT2D eigenvalue weighted by molar-refractivity contribution is -0.136. The molecule has 1 aromatic heterocycles. The molecule has 3 fully saturated rings. The molecule has 6 heteroatoms. The van der Waals surface area contributed by atoms with E-state index >= 15 is 0 Å². The molecule has 0 bridgehead atoms. The number of furan rings is 1. The SMILES string of the molecule is Cc1ccc2c(C)c(C(=O)N3CC[C@@]45OCCN4C(=O)C[C@@H]35)oc2c1. The summed E-state index contributed by atoms with van der Waals surface area (Å²) in [5.74, 6) is 0.317. The second-order valence-corrected chi connectivity index (χ2v) is 7.26. The Morgan fingerprint density at radius 2 is 2.12 bits per heavy atom. The minimum absolute atomic E-state index is 0.0805. The number of likely N-dealkylation sites (tertiary alicyclic amines) is 1. The fourth-order valence-electron chi connectivity index (χ4n) is 4.70. The van der Waals surface area contributed by atoms with Crippen LogP contribution in [0.25, 0.3) is 11.0 Å². The molecule has 25 heavy (non-hydrogen) atoms. The fraction of sp³-hybridized carbons (Fsp3) is 0.474. The van der Waals surface area contributed by atoms with Gasteiger partial charge in [-0.2, -0.15) is 0 Å². The van der Waals surface area contributed by atoms with Gasteiger partial charge in [-0.25, -0.2) is 0 Å². The first kappa shape index (κ1) is 15.0. The molecule has 1 spiro atoms. The fourth-order valence-corrected chi connectivity index (χ4v) is 4.70. The van der Waals surface area contributed by atoms with Crippen LogP contribution in [0.2, 0.25) is 0 Å². The second-order valence-electron chi connectivity index (χ2n) is 7.26. The zero-order valence-electron chi connectivity index (χ0n) is 14.4. The second kappa shape index (κ2) is 4.85. The van der Waals surface area contributed by atoms with Gasteiger partial charge in [0.15, 0.2) is 11.5 Å². The van der Waals surface area contributed by atoms with Gasteiger partial charge in [0.05, 0.1) is 19.1 Å². The van der Waals surface area contributed by atoms with Crippen molar-refractivity contribution in [1.82, 2.24) is 9.80 Å². The van der Waals surface area contributed by atoms with Crippen LogP contribution in [-0.4, -0.2) is 53.1 Å². The molecule has 6 nitrogen and oxygen atoms in total. The summed E-state index contributed by atoms with van der Waals surface area (Å²) in [6, 6.07) is 5.74. The molecule has 0 radical (unpaired) electrons.